The van der Waals surface area contributed by atoms with Gasteiger partial charge >= 0.3 is 0 Å². The first-order valence-electron chi connectivity index (χ1n) is 7.10. The topological polar surface area (TPSA) is 42.0 Å². The molecule has 3 aromatic rings. The summed E-state index contributed by atoms with van der Waals surface area (Å²) in [5, 5.41) is 4.53. The van der Waals surface area contributed by atoms with Crippen LogP contribution in [0.15, 0.2) is 60.8 Å². The fourth-order valence-electron chi connectivity index (χ4n) is 2.41. The van der Waals surface area contributed by atoms with Gasteiger partial charge in [-0.3, -0.25) is 9.78 Å². The molecule has 4 heteroatoms. The number of hydrogen-bond donors (Lipinski definition) is 1. The largest absolute Gasteiger partial charge is 0.352 e. The van der Waals surface area contributed by atoms with Crippen molar-refractivity contribution in [3.8, 4) is 0 Å². The summed E-state index contributed by atoms with van der Waals surface area (Å²) in [7, 11) is 0. The average molecular weight is 311 g/mol. The highest BCUT2D eigenvalue weighted by Crippen LogP contribution is 2.16. The molecule has 3 nitrogen and oxygen atoms in total. The predicted molar refractivity (Wildman–Crippen MR) is 89.2 cm³/mol. The summed E-state index contributed by atoms with van der Waals surface area (Å²) < 4.78 is 0. The van der Waals surface area contributed by atoms with Crippen LogP contribution in [0.25, 0.3) is 10.9 Å². The lowest BCUT2D eigenvalue weighted by atomic mass is 10.1. The minimum atomic E-state index is -0.0828. The molecule has 0 fully saturated rings. The average Bonchev–Trinajstić information content (AvgIpc) is 2.54. The van der Waals surface area contributed by atoms with Crippen molar-refractivity contribution >= 4 is 28.4 Å². The van der Waals surface area contributed by atoms with Crippen molar-refractivity contribution in [3.05, 3.63) is 76.9 Å². The lowest BCUT2D eigenvalue weighted by Gasteiger charge is -2.08. The molecule has 0 unspecified atom stereocenters. The molecule has 22 heavy (non-hydrogen) atoms. The van der Waals surface area contributed by atoms with Crippen LogP contribution in [0.1, 0.15) is 15.9 Å². The quantitative estimate of drug-likeness (QED) is 0.795. The van der Waals surface area contributed by atoms with E-state index in [9.17, 15) is 4.79 Å². The van der Waals surface area contributed by atoms with Gasteiger partial charge < -0.3 is 5.32 Å². The number of rotatable bonds is 4. The Labute approximate surface area is 133 Å². The Morgan fingerprint density at radius 2 is 1.95 bits per heavy atom. The third kappa shape index (κ3) is 3.26. The fourth-order valence-corrected chi connectivity index (χ4v) is 2.62. The van der Waals surface area contributed by atoms with Crippen molar-refractivity contribution in [2.75, 3.05) is 6.54 Å². The molecule has 0 bridgehead atoms. The molecule has 1 N–H and O–H groups in total. The molecule has 1 aromatic heterocycles. The fraction of sp³-hybridized carbons (Fsp3) is 0.111. The minimum Gasteiger partial charge on any atom is -0.352 e. The number of pyridine rings is 1. The van der Waals surface area contributed by atoms with Gasteiger partial charge in [0.25, 0.3) is 5.91 Å². The zero-order valence-electron chi connectivity index (χ0n) is 11.9. The van der Waals surface area contributed by atoms with Gasteiger partial charge in [0.05, 0.1) is 5.52 Å². The molecule has 0 atom stereocenters. The molecular formula is C18H15ClN2O. The van der Waals surface area contributed by atoms with E-state index in [1.807, 2.05) is 54.6 Å². The Bertz CT molecular complexity index is 812. The summed E-state index contributed by atoms with van der Waals surface area (Å²) in [6, 6.07) is 17.0. The number of nitrogens with one attached hydrogen (secondary N) is 1. The highest BCUT2D eigenvalue weighted by molar-refractivity contribution is 6.30. The zero-order chi connectivity index (χ0) is 15.4. The van der Waals surface area contributed by atoms with Crippen LogP contribution >= 0.6 is 11.6 Å². The second kappa shape index (κ2) is 6.58. The van der Waals surface area contributed by atoms with Crippen molar-refractivity contribution in [3.63, 3.8) is 0 Å². The lowest BCUT2D eigenvalue weighted by molar-refractivity contribution is 0.0956. The van der Waals surface area contributed by atoms with Crippen molar-refractivity contribution in [1.29, 1.82) is 0 Å². The summed E-state index contributed by atoms with van der Waals surface area (Å²) in [5.41, 5.74) is 2.58. The van der Waals surface area contributed by atoms with E-state index in [1.54, 1.807) is 6.20 Å². The molecule has 2 aromatic carbocycles. The van der Waals surface area contributed by atoms with Gasteiger partial charge in [-0.25, -0.2) is 0 Å². The van der Waals surface area contributed by atoms with Gasteiger partial charge in [-0.2, -0.15) is 0 Å². The molecule has 1 amide bonds. The van der Waals surface area contributed by atoms with E-state index >= 15 is 0 Å². The van der Waals surface area contributed by atoms with Crippen LogP contribution in [-0.4, -0.2) is 17.4 Å². The molecule has 0 saturated heterocycles. The second-order valence-corrected chi connectivity index (χ2v) is 5.45. The van der Waals surface area contributed by atoms with E-state index in [-0.39, 0.29) is 5.91 Å². The molecular weight excluding hydrogens is 296 g/mol. The third-order valence-corrected chi connectivity index (χ3v) is 3.71. The monoisotopic (exact) mass is 310 g/mol. The van der Waals surface area contributed by atoms with Gasteiger partial charge in [-0.15, -0.1) is 0 Å². The number of hydrogen-bond acceptors (Lipinski definition) is 2. The first-order valence-corrected chi connectivity index (χ1v) is 7.48. The number of amides is 1. The summed E-state index contributed by atoms with van der Waals surface area (Å²) >= 11 is 5.95. The van der Waals surface area contributed by atoms with Crippen molar-refractivity contribution in [1.82, 2.24) is 10.3 Å². The van der Waals surface area contributed by atoms with Crippen LogP contribution in [-0.2, 0) is 6.42 Å². The summed E-state index contributed by atoms with van der Waals surface area (Å²) in [6.45, 7) is 0.565. The lowest BCUT2D eigenvalue weighted by Crippen LogP contribution is -2.25. The van der Waals surface area contributed by atoms with Crippen molar-refractivity contribution < 1.29 is 4.79 Å². The van der Waals surface area contributed by atoms with Crippen molar-refractivity contribution in [2.24, 2.45) is 0 Å². The number of aromatic nitrogens is 1. The molecule has 0 aliphatic carbocycles. The number of benzene rings is 2. The van der Waals surface area contributed by atoms with Crippen LogP contribution in [0.4, 0.5) is 0 Å². The smallest absolute Gasteiger partial charge is 0.251 e. The molecule has 0 aliphatic heterocycles. The van der Waals surface area contributed by atoms with Gasteiger partial charge in [0.1, 0.15) is 0 Å². The predicted octanol–water partition coefficient (Wildman–Crippen LogP) is 3.86. The van der Waals surface area contributed by atoms with E-state index in [0.717, 1.165) is 22.9 Å². The molecule has 1 heterocycles. The molecule has 0 saturated carbocycles. The van der Waals surface area contributed by atoms with E-state index in [4.69, 9.17) is 11.6 Å². The first-order chi connectivity index (χ1) is 10.7. The minimum absolute atomic E-state index is 0.0828. The van der Waals surface area contributed by atoms with Crippen LogP contribution in [0, 0.1) is 0 Å². The number of fused-ring (bicyclic) bond motifs is 1. The Kier molecular flexibility index (Phi) is 4.35. The Morgan fingerprint density at radius 3 is 2.82 bits per heavy atom. The summed E-state index contributed by atoms with van der Waals surface area (Å²) in [4.78, 5) is 16.6. The summed E-state index contributed by atoms with van der Waals surface area (Å²) in [5.74, 6) is -0.0828. The Morgan fingerprint density at radius 1 is 1.09 bits per heavy atom. The Hall–Kier alpha value is -2.39. The van der Waals surface area contributed by atoms with Crippen LogP contribution < -0.4 is 5.32 Å². The SMILES string of the molecule is O=C(NCCc1cccc(Cl)c1)c1cccc2ncccc12. The van der Waals surface area contributed by atoms with E-state index in [1.165, 1.54) is 0 Å². The zero-order valence-corrected chi connectivity index (χ0v) is 12.7. The maximum absolute atomic E-state index is 12.4. The summed E-state index contributed by atoms with van der Waals surface area (Å²) in [6.07, 6.45) is 2.47. The first kappa shape index (κ1) is 14.5. The van der Waals surface area contributed by atoms with E-state index in [2.05, 4.69) is 10.3 Å². The Balaban J connectivity index is 1.69. The number of carbonyl (C=O) groups is 1. The van der Waals surface area contributed by atoms with Gasteiger partial charge in [-0.05, 0) is 42.3 Å². The van der Waals surface area contributed by atoms with Gasteiger partial charge in [0.2, 0.25) is 0 Å². The molecule has 3 rings (SSSR count). The van der Waals surface area contributed by atoms with Gasteiger partial charge in [-0.1, -0.05) is 35.9 Å². The molecule has 0 aliphatic rings. The molecule has 0 spiro atoms. The van der Waals surface area contributed by atoms with E-state index in [0.29, 0.717) is 17.1 Å². The van der Waals surface area contributed by atoms with Crippen LogP contribution in [0.5, 0.6) is 0 Å². The van der Waals surface area contributed by atoms with Gasteiger partial charge in [0.15, 0.2) is 0 Å². The standard InChI is InChI=1S/C18H15ClN2O/c19-14-5-1-4-13(12-14)9-11-21-18(22)16-6-2-8-17-15(16)7-3-10-20-17/h1-8,10,12H,9,11H2,(H,21,22). The highest BCUT2D eigenvalue weighted by atomic mass is 35.5. The molecule has 0 radical (unpaired) electrons. The van der Waals surface area contributed by atoms with E-state index < -0.39 is 0 Å². The number of halogens is 1. The van der Waals surface area contributed by atoms with Crippen LogP contribution in [0.2, 0.25) is 5.02 Å². The van der Waals surface area contributed by atoms with Crippen molar-refractivity contribution in [2.45, 2.75) is 6.42 Å². The third-order valence-electron chi connectivity index (χ3n) is 3.48. The number of carbonyl (C=O) groups excluding carboxylic acids is 1. The number of nitrogens with zero attached hydrogens (tertiary/aromatic N) is 1. The maximum atomic E-state index is 12.4. The maximum Gasteiger partial charge on any atom is 0.251 e. The van der Waals surface area contributed by atoms with Crippen LogP contribution in [0.3, 0.4) is 0 Å². The normalized spacial score (nSPS) is 10.6. The van der Waals surface area contributed by atoms with Gasteiger partial charge in [0, 0.05) is 28.7 Å². The molecule has 110 valence electrons. The highest BCUT2D eigenvalue weighted by Gasteiger charge is 2.09. The second-order valence-electron chi connectivity index (χ2n) is 5.01.